The predicted molar refractivity (Wildman–Crippen MR) is 70.6 cm³/mol. The van der Waals surface area contributed by atoms with Crippen LogP contribution in [0.4, 0.5) is 4.39 Å². The van der Waals surface area contributed by atoms with Gasteiger partial charge in [0.15, 0.2) is 0 Å². The van der Waals surface area contributed by atoms with Crippen LogP contribution in [0.5, 0.6) is 0 Å². The second-order valence-electron chi connectivity index (χ2n) is 4.90. The number of hydrogen-bond acceptors (Lipinski definition) is 3. The van der Waals surface area contributed by atoms with Crippen LogP contribution >= 0.6 is 0 Å². The van der Waals surface area contributed by atoms with Crippen molar-refractivity contribution in [2.24, 2.45) is 0 Å². The molecule has 0 spiro atoms. The van der Waals surface area contributed by atoms with Crippen LogP contribution in [-0.2, 0) is 4.74 Å². The lowest BCUT2D eigenvalue weighted by Crippen LogP contribution is -2.50. The van der Waals surface area contributed by atoms with E-state index in [1.165, 1.54) is 19.2 Å². The first-order valence-electron chi connectivity index (χ1n) is 6.10. The normalized spacial score (nSPS) is 13.9. The first-order chi connectivity index (χ1) is 8.91. The molecule has 1 aromatic rings. The van der Waals surface area contributed by atoms with E-state index < -0.39 is 17.3 Å². The van der Waals surface area contributed by atoms with Crippen LogP contribution in [0.1, 0.15) is 29.3 Å². The van der Waals surface area contributed by atoms with Gasteiger partial charge in [-0.3, -0.25) is 4.79 Å². The molecular weight excluding hydrogens is 249 g/mol. The van der Waals surface area contributed by atoms with E-state index >= 15 is 0 Å². The Labute approximate surface area is 112 Å². The van der Waals surface area contributed by atoms with Crippen LogP contribution in [0, 0.1) is 12.7 Å². The molecule has 0 bridgehead atoms. The molecule has 1 amide bonds. The minimum atomic E-state index is -0.725. The second kappa shape index (κ2) is 6.63. The number of rotatable bonds is 6. The largest absolute Gasteiger partial charge is 0.396 e. The fourth-order valence-electron chi connectivity index (χ4n) is 1.89. The van der Waals surface area contributed by atoms with Gasteiger partial charge in [0, 0.05) is 13.7 Å². The number of methoxy groups -OCH3 is 1. The lowest BCUT2D eigenvalue weighted by molar-refractivity contribution is 0.0722. The summed E-state index contributed by atoms with van der Waals surface area (Å²) in [7, 11) is 1.51. The fourth-order valence-corrected chi connectivity index (χ4v) is 1.89. The molecule has 19 heavy (non-hydrogen) atoms. The van der Waals surface area contributed by atoms with Crippen LogP contribution in [0.25, 0.3) is 0 Å². The van der Waals surface area contributed by atoms with Crippen molar-refractivity contribution in [3.8, 4) is 0 Å². The van der Waals surface area contributed by atoms with Crippen molar-refractivity contribution in [1.82, 2.24) is 5.32 Å². The van der Waals surface area contributed by atoms with Gasteiger partial charge >= 0.3 is 0 Å². The monoisotopic (exact) mass is 269 g/mol. The first kappa shape index (κ1) is 15.6. The summed E-state index contributed by atoms with van der Waals surface area (Å²) in [5.74, 6) is -1.07. The van der Waals surface area contributed by atoms with E-state index in [9.17, 15) is 9.18 Å². The van der Waals surface area contributed by atoms with Crippen molar-refractivity contribution in [1.29, 1.82) is 0 Å². The predicted octanol–water partition coefficient (Wildman–Crippen LogP) is 1.65. The molecule has 0 radical (unpaired) electrons. The van der Waals surface area contributed by atoms with Gasteiger partial charge in [-0.05, 0) is 32.4 Å². The maximum absolute atomic E-state index is 13.6. The summed E-state index contributed by atoms with van der Waals surface area (Å²) in [5, 5.41) is 11.7. The molecule has 0 aliphatic rings. The zero-order valence-corrected chi connectivity index (χ0v) is 11.5. The number of carbonyl (C=O) groups is 1. The molecule has 1 rings (SSSR count). The van der Waals surface area contributed by atoms with Crippen molar-refractivity contribution in [2.45, 2.75) is 25.8 Å². The van der Waals surface area contributed by atoms with E-state index in [2.05, 4.69) is 5.32 Å². The number of nitrogens with one attached hydrogen (secondary N) is 1. The lowest BCUT2D eigenvalue weighted by Gasteiger charge is -2.29. The Kier molecular flexibility index (Phi) is 5.44. The Morgan fingerprint density at radius 2 is 2.21 bits per heavy atom. The van der Waals surface area contributed by atoms with Gasteiger partial charge in [0.25, 0.3) is 5.91 Å². The van der Waals surface area contributed by atoms with Crippen molar-refractivity contribution in [3.63, 3.8) is 0 Å². The summed E-state index contributed by atoms with van der Waals surface area (Å²) in [5.41, 5.74) is 0.0824. The Morgan fingerprint density at radius 3 is 2.79 bits per heavy atom. The molecule has 0 heterocycles. The molecule has 2 N–H and O–H groups in total. The van der Waals surface area contributed by atoms with E-state index in [0.29, 0.717) is 6.42 Å². The smallest absolute Gasteiger partial charge is 0.254 e. The highest BCUT2D eigenvalue weighted by atomic mass is 19.1. The van der Waals surface area contributed by atoms with Crippen LogP contribution in [0.2, 0.25) is 0 Å². The average Bonchev–Trinajstić information content (AvgIpc) is 2.32. The topological polar surface area (TPSA) is 58.6 Å². The van der Waals surface area contributed by atoms with Crippen LogP contribution in [0.3, 0.4) is 0 Å². The van der Waals surface area contributed by atoms with Gasteiger partial charge in [0.1, 0.15) is 5.82 Å². The summed E-state index contributed by atoms with van der Waals surface area (Å²) in [6.07, 6.45) is 0.333. The number of hydrogen-bond donors (Lipinski definition) is 2. The van der Waals surface area contributed by atoms with Crippen LogP contribution < -0.4 is 5.32 Å². The number of ether oxygens (including phenoxy) is 1. The van der Waals surface area contributed by atoms with E-state index in [4.69, 9.17) is 9.84 Å². The molecule has 1 unspecified atom stereocenters. The molecule has 0 aliphatic heterocycles. The van der Waals surface area contributed by atoms with E-state index in [1.54, 1.807) is 19.9 Å². The number of aryl methyl sites for hydroxylation is 1. The highest BCUT2D eigenvalue weighted by Gasteiger charge is 2.27. The molecule has 106 valence electrons. The van der Waals surface area contributed by atoms with Crippen molar-refractivity contribution in [3.05, 3.63) is 35.1 Å². The minimum Gasteiger partial charge on any atom is -0.396 e. The number of aliphatic hydroxyl groups is 1. The number of aliphatic hydroxyl groups excluding tert-OH is 1. The van der Waals surface area contributed by atoms with Crippen molar-refractivity contribution in [2.75, 3.05) is 20.3 Å². The van der Waals surface area contributed by atoms with E-state index in [0.717, 1.165) is 5.56 Å². The maximum Gasteiger partial charge on any atom is 0.254 e. The molecule has 0 aromatic heterocycles. The number of carbonyl (C=O) groups excluding carboxylic acids is 1. The Balaban J connectivity index is 2.90. The Morgan fingerprint density at radius 1 is 1.53 bits per heavy atom. The number of amides is 1. The maximum atomic E-state index is 13.6. The zero-order valence-electron chi connectivity index (χ0n) is 11.5. The first-order valence-corrected chi connectivity index (χ1v) is 6.10. The molecular formula is C14H20FNO3. The number of benzene rings is 1. The van der Waals surface area contributed by atoms with Gasteiger partial charge in [0.05, 0.1) is 17.7 Å². The Hall–Kier alpha value is -1.46. The molecule has 0 fully saturated rings. The van der Waals surface area contributed by atoms with Crippen LogP contribution in [-0.4, -0.2) is 36.9 Å². The summed E-state index contributed by atoms with van der Waals surface area (Å²) in [4.78, 5) is 12.1. The summed E-state index contributed by atoms with van der Waals surface area (Å²) < 4.78 is 18.7. The zero-order chi connectivity index (χ0) is 14.5. The lowest BCUT2D eigenvalue weighted by atomic mass is 9.98. The van der Waals surface area contributed by atoms with E-state index in [-0.39, 0.29) is 18.8 Å². The van der Waals surface area contributed by atoms with Gasteiger partial charge < -0.3 is 15.2 Å². The highest BCUT2D eigenvalue weighted by molar-refractivity contribution is 5.95. The molecule has 0 saturated heterocycles. The molecule has 0 aliphatic carbocycles. The van der Waals surface area contributed by atoms with Gasteiger partial charge in [0.2, 0.25) is 0 Å². The highest BCUT2D eigenvalue weighted by Crippen LogP contribution is 2.14. The van der Waals surface area contributed by atoms with Gasteiger partial charge in [-0.25, -0.2) is 4.39 Å². The summed E-state index contributed by atoms with van der Waals surface area (Å²) in [6, 6.07) is 4.37. The minimum absolute atomic E-state index is 0.000248. The third-order valence-electron chi connectivity index (χ3n) is 2.91. The molecule has 4 nitrogen and oxygen atoms in total. The molecule has 5 heteroatoms. The second-order valence-corrected chi connectivity index (χ2v) is 4.90. The Bertz CT molecular complexity index is 442. The molecule has 1 atom stereocenters. The fraction of sp³-hybridized carbons (Fsp3) is 0.500. The van der Waals surface area contributed by atoms with Gasteiger partial charge in [-0.2, -0.15) is 0 Å². The third-order valence-corrected chi connectivity index (χ3v) is 2.91. The third kappa shape index (κ3) is 4.29. The quantitative estimate of drug-likeness (QED) is 0.825. The van der Waals surface area contributed by atoms with Crippen LogP contribution in [0.15, 0.2) is 18.2 Å². The standard InChI is InChI=1S/C14H20FNO3/c1-10-4-5-12(15)11(8-10)13(18)16-14(2,6-7-17)9-19-3/h4-5,8,17H,6-7,9H2,1-3H3,(H,16,18). The van der Waals surface area contributed by atoms with E-state index in [1.807, 2.05) is 0 Å². The SMILES string of the molecule is COCC(C)(CCO)NC(=O)c1cc(C)ccc1F. The molecule has 0 saturated carbocycles. The summed E-state index contributed by atoms with van der Waals surface area (Å²) >= 11 is 0. The molecule has 1 aromatic carbocycles. The average molecular weight is 269 g/mol. The van der Waals surface area contributed by atoms with Crippen molar-refractivity contribution >= 4 is 5.91 Å². The van der Waals surface area contributed by atoms with Crippen molar-refractivity contribution < 1.29 is 19.0 Å². The summed E-state index contributed by atoms with van der Waals surface area (Å²) in [6.45, 7) is 3.69. The van der Waals surface area contributed by atoms with Gasteiger partial charge in [-0.15, -0.1) is 0 Å². The van der Waals surface area contributed by atoms with Gasteiger partial charge in [-0.1, -0.05) is 11.6 Å². The number of halogens is 1.